The average molecular weight is 297 g/mol. The van der Waals surface area contributed by atoms with Crippen LogP contribution in [0.15, 0.2) is 41.0 Å². The topological polar surface area (TPSA) is 71.7 Å². The fourth-order valence-electron chi connectivity index (χ4n) is 1.70. The van der Waals surface area contributed by atoms with Gasteiger partial charge in [-0.3, -0.25) is 0 Å². The van der Waals surface area contributed by atoms with Crippen molar-refractivity contribution in [2.75, 3.05) is 0 Å². The van der Waals surface area contributed by atoms with Crippen molar-refractivity contribution in [1.29, 1.82) is 0 Å². The first-order valence-corrected chi connectivity index (χ1v) is 6.10. The van der Waals surface area contributed by atoms with Crippen LogP contribution in [-0.4, -0.2) is 17.7 Å². The summed E-state index contributed by atoms with van der Waals surface area (Å²) in [7, 11) is 0. The SMILES string of the molecule is O=C(O)c1coc(CNCc2ccc(OC(F)F)cc2)c1. The molecule has 1 aromatic carbocycles. The van der Waals surface area contributed by atoms with Gasteiger partial charge in [-0.25, -0.2) is 4.79 Å². The normalized spacial score (nSPS) is 10.8. The number of hydrogen-bond acceptors (Lipinski definition) is 4. The smallest absolute Gasteiger partial charge is 0.387 e. The number of benzene rings is 1. The lowest BCUT2D eigenvalue weighted by molar-refractivity contribution is -0.0498. The summed E-state index contributed by atoms with van der Waals surface area (Å²) in [6.07, 6.45) is 1.18. The number of carboxylic acids is 1. The van der Waals surface area contributed by atoms with E-state index in [-0.39, 0.29) is 11.3 Å². The molecule has 2 aromatic rings. The third-order valence-corrected chi connectivity index (χ3v) is 2.68. The van der Waals surface area contributed by atoms with E-state index in [1.807, 2.05) is 0 Å². The van der Waals surface area contributed by atoms with Crippen molar-refractivity contribution >= 4 is 5.97 Å². The Balaban J connectivity index is 1.81. The van der Waals surface area contributed by atoms with Gasteiger partial charge in [0.05, 0.1) is 12.1 Å². The Hall–Kier alpha value is -2.41. The molecular weight excluding hydrogens is 284 g/mol. The van der Waals surface area contributed by atoms with Crippen LogP contribution in [0.1, 0.15) is 21.7 Å². The molecule has 1 heterocycles. The number of carboxylic acid groups (broad SMARTS) is 1. The van der Waals surface area contributed by atoms with E-state index < -0.39 is 12.6 Å². The lowest BCUT2D eigenvalue weighted by atomic mass is 10.2. The predicted octanol–water partition coefficient (Wildman–Crippen LogP) is 2.87. The Labute approximate surface area is 119 Å². The molecule has 7 heteroatoms. The van der Waals surface area contributed by atoms with Crippen LogP contribution in [0.3, 0.4) is 0 Å². The van der Waals surface area contributed by atoms with Crippen LogP contribution >= 0.6 is 0 Å². The molecule has 21 heavy (non-hydrogen) atoms. The Morgan fingerprint density at radius 1 is 1.29 bits per heavy atom. The summed E-state index contributed by atoms with van der Waals surface area (Å²) < 4.78 is 33.3. The van der Waals surface area contributed by atoms with Crippen LogP contribution in [-0.2, 0) is 13.1 Å². The summed E-state index contributed by atoms with van der Waals surface area (Å²) >= 11 is 0. The number of halogens is 2. The summed E-state index contributed by atoms with van der Waals surface area (Å²) in [5.41, 5.74) is 0.974. The Morgan fingerprint density at radius 3 is 2.57 bits per heavy atom. The molecule has 0 saturated heterocycles. The summed E-state index contributed by atoms with van der Waals surface area (Å²) in [6, 6.07) is 7.68. The molecule has 0 bridgehead atoms. The first kappa shape index (κ1) is 15.0. The number of furan rings is 1. The highest BCUT2D eigenvalue weighted by Crippen LogP contribution is 2.15. The molecule has 0 fully saturated rings. The molecule has 0 saturated carbocycles. The number of aromatic carboxylic acids is 1. The van der Waals surface area contributed by atoms with E-state index in [1.165, 1.54) is 24.5 Å². The van der Waals surface area contributed by atoms with E-state index in [9.17, 15) is 13.6 Å². The van der Waals surface area contributed by atoms with Crippen molar-refractivity contribution in [3.63, 3.8) is 0 Å². The molecule has 0 unspecified atom stereocenters. The van der Waals surface area contributed by atoms with Crippen molar-refractivity contribution in [3.8, 4) is 5.75 Å². The maximum absolute atomic E-state index is 12.0. The monoisotopic (exact) mass is 297 g/mol. The van der Waals surface area contributed by atoms with Crippen molar-refractivity contribution in [2.45, 2.75) is 19.7 Å². The molecule has 0 aliphatic heterocycles. The maximum atomic E-state index is 12.0. The Bertz CT molecular complexity index is 595. The zero-order valence-corrected chi connectivity index (χ0v) is 10.9. The zero-order chi connectivity index (χ0) is 15.2. The number of alkyl halides is 2. The van der Waals surface area contributed by atoms with Gasteiger partial charge in [-0.1, -0.05) is 12.1 Å². The second-order valence-electron chi connectivity index (χ2n) is 4.23. The minimum absolute atomic E-state index is 0.0975. The molecule has 0 amide bonds. The van der Waals surface area contributed by atoms with Crippen molar-refractivity contribution in [1.82, 2.24) is 5.32 Å². The second-order valence-corrected chi connectivity index (χ2v) is 4.23. The molecule has 1 aromatic heterocycles. The van der Waals surface area contributed by atoms with E-state index in [4.69, 9.17) is 9.52 Å². The fraction of sp³-hybridized carbons (Fsp3) is 0.214. The van der Waals surface area contributed by atoms with Crippen LogP contribution in [0.5, 0.6) is 5.75 Å². The molecule has 5 nitrogen and oxygen atoms in total. The molecule has 0 atom stereocenters. The van der Waals surface area contributed by atoms with Gasteiger partial charge < -0.3 is 19.6 Å². The number of ether oxygens (including phenoxy) is 1. The van der Waals surface area contributed by atoms with Gasteiger partial charge in [0.15, 0.2) is 0 Å². The standard InChI is InChI=1S/C14H13F2NO4/c15-14(16)21-11-3-1-9(2-4-11)6-17-7-12-5-10(8-20-12)13(18)19/h1-5,8,14,17H,6-7H2,(H,18,19). The van der Waals surface area contributed by atoms with Crippen LogP contribution in [0.4, 0.5) is 8.78 Å². The molecule has 0 radical (unpaired) electrons. The summed E-state index contributed by atoms with van der Waals surface area (Å²) in [5.74, 6) is -0.435. The van der Waals surface area contributed by atoms with E-state index >= 15 is 0 Å². The molecule has 0 aliphatic carbocycles. The van der Waals surface area contributed by atoms with Gasteiger partial charge >= 0.3 is 12.6 Å². The molecule has 0 spiro atoms. The largest absolute Gasteiger partial charge is 0.478 e. The number of hydrogen-bond donors (Lipinski definition) is 2. The van der Waals surface area contributed by atoms with Crippen molar-refractivity contribution in [3.05, 3.63) is 53.5 Å². The minimum atomic E-state index is -2.84. The quantitative estimate of drug-likeness (QED) is 0.822. The second kappa shape index (κ2) is 6.85. The number of carbonyl (C=O) groups is 1. The van der Waals surface area contributed by atoms with E-state index in [2.05, 4.69) is 10.1 Å². The average Bonchev–Trinajstić information content (AvgIpc) is 2.89. The maximum Gasteiger partial charge on any atom is 0.387 e. The third-order valence-electron chi connectivity index (χ3n) is 2.68. The lowest BCUT2D eigenvalue weighted by Gasteiger charge is -2.06. The van der Waals surface area contributed by atoms with Crippen molar-refractivity contribution < 1.29 is 27.8 Å². The minimum Gasteiger partial charge on any atom is -0.478 e. The van der Waals surface area contributed by atoms with Gasteiger partial charge in [-0.2, -0.15) is 8.78 Å². The highest BCUT2D eigenvalue weighted by Gasteiger charge is 2.08. The molecule has 2 N–H and O–H groups in total. The Morgan fingerprint density at radius 2 is 2.00 bits per heavy atom. The van der Waals surface area contributed by atoms with Gasteiger partial charge in [0, 0.05) is 6.54 Å². The lowest BCUT2D eigenvalue weighted by Crippen LogP contribution is -2.12. The molecular formula is C14H13F2NO4. The van der Waals surface area contributed by atoms with Gasteiger partial charge in [-0.15, -0.1) is 0 Å². The van der Waals surface area contributed by atoms with Gasteiger partial charge in [-0.05, 0) is 23.8 Å². The molecule has 2 rings (SSSR count). The first-order valence-electron chi connectivity index (χ1n) is 6.10. The zero-order valence-electron chi connectivity index (χ0n) is 10.9. The predicted molar refractivity (Wildman–Crippen MR) is 69.3 cm³/mol. The first-order chi connectivity index (χ1) is 10.0. The number of nitrogens with one attached hydrogen (secondary N) is 1. The Kier molecular flexibility index (Phi) is 4.89. The highest BCUT2D eigenvalue weighted by atomic mass is 19.3. The molecule has 112 valence electrons. The summed E-state index contributed by atoms with van der Waals surface area (Å²) in [5, 5.41) is 11.8. The van der Waals surface area contributed by atoms with Gasteiger partial charge in [0.1, 0.15) is 17.8 Å². The van der Waals surface area contributed by atoms with Crippen LogP contribution in [0.25, 0.3) is 0 Å². The van der Waals surface area contributed by atoms with Crippen LogP contribution < -0.4 is 10.1 Å². The van der Waals surface area contributed by atoms with E-state index in [0.717, 1.165) is 5.56 Å². The van der Waals surface area contributed by atoms with Gasteiger partial charge in [0.2, 0.25) is 0 Å². The summed E-state index contributed by atoms with van der Waals surface area (Å²) in [4.78, 5) is 10.7. The fourth-order valence-corrected chi connectivity index (χ4v) is 1.70. The van der Waals surface area contributed by atoms with E-state index in [0.29, 0.717) is 18.8 Å². The highest BCUT2D eigenvalue weighted by molar-refractivity contribution is 5.87. The molecule has 0 aliphatic rings. The van der Waals surface area contributed by atoms with Gasteiger partial charge in [0.25, 0.3) is 0 Å². The third kappa shape index (κ3) is 4.57. The summed E-state index contributed by atoms with van der Waals surface area (Å²) in [6.45, 7) is -1.99. The van der Waals surface area contributed by atoms with E-state index in [1.54, 1.807) is 12.1 Å². The van der Waals surface area contributed by atoms with Crippen molar-refractivity contribution in [2.24, 2.45) is 0 Å². The number of rotatable bonds is 7. The van der Waals surface area contributed by atoms with Crippen LogP contribution in [0, 0.1) is 0 Å². The van der Waals surface area contributed by atoms with Crippen LogP contribution in [0.2, 0.25) is 0 Å².